The Labute approximate surface area is 87.1 Å². The summed E-state index contributed by atoms with van der Waals surface area (Å²) < 4.78 is 0. The molecule has 0 heterocycles. The van der Waals surface area contributed by atoms with Crippen LogP contribution in [0, 0.1) is 0 Å². The number of nitrogens with zero attached hydrogens (tertiary/aromatic N) is 1. The molecule has 0 rings (SSSR count). The number of aliphatic carboxylic acids is 2. The molecule has 0 amide bonds. The molecule has 0 radical (unpaired) electrons. The predicted octanol–water partition coefficient (Wildman–Crippen LogP) is -1.49. The zero-order valence-corrected chi connectivity index (χ0v) is 8.51. The van der Waals surface area contributed by atoms with Crippen molar-refractivity contribution in [3.8, 4) is 0 Å². The summed E-state index contributed by atoms with van der Waals surface area (Å²) in [4.78, 5) is 22.4. The smallest absolute Gasteiger partial charge is 0.338 e. The molecule has 7 nitrogen and oxygen atoms in total. The summed E-state index contributed by atoms with van der Waals surface area (Å²) in [5.41, 5.74) is 3.82. The maximum absolute atomic E-state index is 10.9. The summed E-state index contributed by atoms with van der Waals surface area (Å²) in [6.07, 6.45) is 0.0512. The van der Waals surface area contributed by atoms with Gasteiger partial charge >= 0.3 is 11.9 Å². The second kappa shape index (κ2) is 5.64. The fourth-order valence-electron chi connectivity index (χ4n) is 1.21. The van der Waals surface area contributed by atoms with Crippen molar-refractivity contribution in [3.63, 3.8) is 0 Å². The molecule has 88 valence electrons. The number of hydrogen-bond acceptors (Lipinski definition) is 5. The minimum Gasteiger partial charge on any atom is -0.480 e. The Morgan fingerprint density at radius 3 is 2.20 bits per heavy atom. The van der Waals surface area contributed by atoms with Crippen molar-refractivity contribution in [2.45, 2.75) is 19.0 Å². The molecule has 0 aliphatic carbocycles. The molecular formula is C8H16N2O5. The van der Waals surface area contributed by atoms with Gasteiger partial charge in [0.05, 0.1) is 13.2 Å². The van der Waals surface area contributed by atoms with Gasteiger partial charge in [0, 0.05) is 6.54 Å². The van der Waals surface area contributed by atoms with Crippen molar-refractivity contribution in [1.29, 1.82) is 0 Å². The average Bonchev–Trinajstić information content (AvgIpc) is 2.15. The van der Waals surface area contributed by atoms with Crippen LogP contribution in [0.2, 0.25) is 0 Å². The molecule has 0 aromatic heterocycles. The van der Waals surface area contributed by atoms with Crippen LogP contribution in [0.3, 0.4) is 0 Å². The van der Waals surface area contributed by atoms with Crippen LogP contribution in [-0.4, -0.2) is 57.5 Å². The molecule has 1 atom stereocenters. The van der Waals surface area contributed by atoms with Crippen molar-refractivity contribution in [3.05, 3.63) is 0 Å². The third-order valence-corrected chi connectivity index (χ3v) is 2.17. The van der Waals surface area contributed by atoms with E-state index in [0.717, 1.165) is 4.90 Å². The fourth-order valence-corrected chi connectivity index (χ4v) is 1.21. The van der Waals surface area contributed by atoms with Crippen molar-refractivity contribution >= 4 is 11.9 Å². The summed E-state index contributed by atoms with van der Waals surface area (Å²) in [6.45, 7) is 0.583. The Morgan fingerprint density at radius 1 is 1.40 bits per heavy atom. The monoisotopic (exact) mass is 220 g/mol. The molecule has 0 spiro atoms. The fraction of sp³-hybridized carbons (Fsp3) is 0.750. The van der Waals surface area contributed by atoms with Gasteiger partial charge in [-0.1, -0.05) is 6.92 Å². The number of carboxylic acid groups (broad SMARTS) is 2. The highest BCUT2D eigenvalue weighted by atomic mass is 16.4. The van der Waals surface area contributed by atoms with E-state index in [0.29, 0.717) is 0 Å². The van der Waals surface area contributed by atoms with E-state index in [1.807, 2.05) is 0 Å². The van der Waals surface area contributed by atoms with Crippen molar-refractivity contribution in [2.75, 3.05) is 19.7 Å². The van der Waals surface area contributed by atoms with Crippen LogP contribution in [0.4, 0.5) is 0 Å². The molecule has 0 aliphatic rings. The normalized spacial score (nSPS) is 14.9. The predicted molar refractivity (Wildman–Crippen MR) is 51.1 cm³/mol. The first-order valence-electron chi connectivity index (χ1n) is 4.48. The molecule has 0 unspecified atom stereocenters. The number of carboxylic acids is 2. The molecule has 0 saturated carbocycles. The standard InChI is InChI=1S/C8H16N2O5/c1-2-8(9,7(14)15)10(3-4-11)5-6(12)13/h11H,2-5,9H2,1H3,(H,12,13)(H,14,15)/t8-/m0/s1. The summed E-state index contributed by atoms with van der Waals surface area (Å²) in [6, 6.07) is 0. The zero-order valence-electron chi connectivity index (χ0n) is 8.51. The zero-order chi connectivity index (χ0) is 12.1. The van der Waals surface area contributed by atoms with Crippen LogP contribution >= 0.6 is 0 Å². The number of rotatable bonds is 7. The van der Waals surface area contributed by atoms with Gasteiger partial charge in [-0.15, -0.1) is 0 Å². The Hall–Kier alpha value is -1.18. The van der Waals surface area contributed by atoms with Crippen molar-refractivity contribution in [1.82, 2.24) is 4.90 Å². The first-order valence-corrected chi connectivity index (χ1v) is 4.48. The van der Waals surface area contributed by atoms with E-state index in [4.69, 9.17) is 21.1 Å². The van der Waals surface area contributed by atoms with E-state index in [1.165, 1.54) is 0 Å². The molecular weight excluding hydrogens is 204 g/mol. The molecule has 0 aromatic rings. The molecule has 0 aliphatic heterocycles. The van der Waals surface area contributed by atoms with Crippen LogP contribution in [-0.2, 0) is 9.59 Å². The minimum absolute atomic E-state index is 0.0512. The van der Waals surface area contributed by atoms with E-state index in [2.05, 4.69) is 0 Å². The highest BCUT2D eigenvalue weighted by Crippen LogP contribution is 2.13. The largest absolute Gasteiger partial charge is 0.480 e. The second-order valence-corrected chi connectivity index (χ2v) is 3.12. The Morgan fingerprint density at radius 2 is 1.93 bits per heavy atom. The molecule has 15 heavy (non-hydrogen) atoms. The quantitative estimate of drug-likeness (QED) is 0.385. The van der Waals surface area contributed by atoms with Gasteiger partial charge in [-0.25, -0.2) is 4.79 Å². The third-order valence-electron chi connectivity index (χ3n) is 2.17. The molecule has 7 heteroatoms. The van der Waals surface area contributed by atoms with Gasteiger partial charge < -0.3 is 21.1 Å². The molecule has 5 N–H and O–H groups in total. The van der Waals surface area contributed by atoms with Crippen LogP contribution < -0.4 is 5.73 Å². The van der Waals surface area contributed by atoms with Gasteiger partial charge in [-0.2, -0.15) is 0 Å². The van der Waals surface area contributed by atoms with E-state index >= 15 is 0 Å². The van der Waals surface area contributed by atoms with Gasteiger partial charge in [0.25, 0.3) is 0 Å². The van der Waals surface area contributed by atoms with Gasteiger partial charge in [-0.05, 0) is 6.42 Å². The average molecular weight is 220 g/mol. The Balaban J connectivity index is 4.83. The third kappa shape index (κ3) is 3.46. The number of carbonyl (C=O) groups is 2. The molecule has 0 bridgehead atoms. The number of hydrogen-bond donors (Lipinski definition) is 4. The summed E-state index contributed by atoms with van der Waals surface area (Å²) >= 11 is 0. The summed E-state index contributed by atoms with van der Waals surface area (Å²) in [5, 5.41) is 26.2. The van der Waals surface area contributed by atoms with Gasteiger partial charge in [0.1, 0.15) is 0 Å². The lowest BCUT2D eigenvalue weighted by atomic mass is 10.1. The first kappa shape index (κ1) is 13.8. The van der Waals surface area contributed by atoms with Crippen LogP contribution in [0.25, 0.3) is 0 Å². The number of aliphatic hydroxyl groups excluding tert-OH is 1. The Kier molecular flexibility index (Phi) is 5.20. The number of aliphatic hydroxyl groups is 1. The maximum atomic E-state index is 10.9. The van der Waals surface area contributed by atoms with E-state index in [9.17, 15) is 9.59 Å². The van der Waals surface area contributed by atoms with E-state index in [1.54, 1.807) is 6.92 Å². The lowest BCUT2D eigenvalue weighted by Crippen LogP contribution is -2.63. The van der Waals surface area contributed by atoms with Gasteiger partial charge in [-0.3, -0.25) is 9.69 Å². The highest BCUT2D eigenvalue weighted by Gasteiger charge is 2.39. The molecule has 0 fully saturated rings. The topological polar surface area (TPSA) is 124 Å². The van der Waals surface area contributed by atoms with E-state index in [-0.39, 0.29) is 19.6 Å². The number of nitrogens with two attached hydrogens (primary N) is 1. The van der Waals surface area contributed by atoms with Crippen LogP contribution in [0.15, 0.2) is 0 Å². The van der Waals surface area contributed by atoms with Gasteiger partial charge in [0.15, 0.2) is 5.66 Å². The van der Waals surface area contributed by atoms with Crippen LogP contribution in [0.1, 0.15) is 13.3 Å². The summed E-state index contributed by atoms with van der Waals surface area (Å²) in [5.74, 6) is -2.49. The van der Waals surface area contributed by atoms with Gasteiger partial charge in [0.2, 0.25) is 0 Å². The molecule has 0 saturated heterocycles. The lowest BCUT2D eigenvalue weighted by molar-refractivity contribution is -0.155. The summed E-state index contributed by atoms with van der Waals surface area (Å²) in [7, 11) is 0. The van der Waals surface area contributed by atoms with Crippen molar-refractivity contribution in [2.24, 2.45) is 5.73 Å². The van der Waals surface area contributed by atoms with Crippen molar-refractivity contribution < 1.29 is 24.9 Å². The van der Waals surface area contributed by atoms with E-state index < -0.39 is 24.1 Å². The lowest BCUT2D eigenvalue weighted by Gasteiger charge is -2.35. The van der Waals surface area contributed by atoms with Crippen LogP contribution in [0.5, 0.6) is 0 Å². The second-order valence-electron chi connectivity index (χ2n) is 3.12. The Bertz CT molecular complexity index is 245. The highest BCUT2D eigenvalue weighted by molar-refractivity contribution is 5.79. The molecule has 0 aromatic carbocycles. The first-order chi connectivity index (χ1) is 6.88. The SMILES string of the molecule is CC[C@@](N)(C(=O)O)N(CCO)CC(=O)O. The maximum Gasteiger partial charge on any atom is 0.338 e. The minimum atomic E-state index is -1.75.